The van der Waals surface area contributed by atoms with E-state index in [1.807, 2.05) is 31.2 Å². The van der Waals surface area contributed by atoms with Gasteiger partial charge in [-0.15, -0.1) is 0 Å². The highest BCUT2D eigenvalue weighted by atomic mass is 16.5. The number of carbonyl (C=O) groups excluding carboxylic acids is 1. The molecule has 3 rings (SSSR count). The predicted molar refractivity (Wildman–Crippen MR) is 117 cm³/mol. The maximum absolute atomic E-state index is 12.7. The van der Waals surface area contributed by atoms with E-state index in [-0.39, 0.29) is 24.4 Å². The Balaban J connectivity index is 1.69. The van der Waals surface area contributed by atoms with Crippen LogP contribution in [-0.4, -0.2) is 57.0 Å². The van der Waals surface area contributed by atoms with Crippen molar-refractivity contribution >= 4 is 27.8 Å². The summed E-state index contributed by atoms with van der Waals surface area (Å²) in [4.78, 5) is 15.0. The average Bonchev–Trinajstić information content (AvgIpc) is 3.60. The molecule has 1 aliphatic rings. The second kappa shape index (κ2) is 10.9. The molecular weight excluding hydrogens is 380 g/mol. The highest BCUT2D eigenvalue weighted by Crippen LogP contribution is 2.38. The Bertz CT molecular complexity index is 957. The van der Waals surface area contributed by atoms with Crippen LogP contribution >= 0.6 is 0 Å². The number of hydrogen-bond donors (Lipinski definition) is 1. The zero-order chi connectivity index (χ0) is 21.3. The molecular formula is C24H28N2O4. The number of fused-ring (bicyclic) bond motifs is 1. The Morgan fingerprint density at radius 1 is 1.10 bits per heavy atom. The summed E-state index contributed by atoms with van der Waals surface area (Å²) in [6, 6.07) is 14.4. The number of hydrogen-bond acceptors (Lipinski definition) is 6. The third kappa shape index (κ3) is 5.45. The number of aliphatic hydroxyl groups excluding tert-OH is 1. The average molecular weight is 408 g/mol. The van der Waals surface area contributed by atoms with Crippen molar-refractivity contribution in [1.29, 1.82) is 5.26 Å². The van der Waals surface area contributed by atoms with E-state index in [1.54, 1.807) is 0 Å². The first-order valence-electron chi connectivity index (χ1n) is 10.3. The number of carbonyl (C=O) groups is 1. The second-order valence-corrected chi connectivity index (χ2v) is 7.26. The summed E-state index contributed by atoms with van der Waals surface area (Å²) in [6.07, 6.45) is 0.818. The van der Waals surface area contributed by atoms with Crippen molar-refractivity contribution in [3.63, 3.8) is 0 Å². The van der Waals surface area contributed by atoms with Gasteiger partial charge in [-0.2, -0.15) is 5.26 Å². The van der Waals surface area contributed by atoms with Gasteiger partial charge in [-0.1, -0.05) is 36.4 Å². The summed E-state index contributed by atoms with van der Waals surface area (Å²) in [6.45, 7) is 5.40. The fourth-order valence-corrected chi connectivity index (χ4v) is 3.51. The van der Waals surface area contributed by atoms with Crippen molar-refractivity contribution < 1.29 is 19.4 Å². The summed E-state index contributed by atoms with van der Waals surface area (Å²) < 4.78 is 10.5. The van der Waals surface area contributed by atoms with Crippen molar-refractivity contribution in [3.8, 4) is 6.07 Å². The van der Waals surface area contributed by atoms with E-state index in [9.17, 15) is 10.1 Å². The molecule has 6 heteroatoms. The number of aliphatic hydroxyl groups is 1. The summed E-state index contributed by atoms with van der Waals surface area (Å²) in [5.74, 6) is -0.153. The third-order valence-corrected chi connectivity index (χ3v) is 5.13. The Kier molecular flexibility index (Phi) is 7.97. The summed E-state index contributed by atoms with van der Waals surface area (Å²) in [5.41, 5.74) is 3.01. The number of ether oxygens (including phenoxy) is 2. The first-order chi connectivity index (χ1) is 14.7. The first-order valence-corrected chi connectivity index (χ1v) is 10.3. The molecule has 0 radical (unpaired) electrons. The molecule has 0 spiro atoms. The number of nitrogens with zero attached hydrogens (tertiary/aromatic N) is 2. The van der Waals surface area contributed by atoms with E-state index >= 15 is 0 Å². The minimum absolute atomic E-state index is 0.00614. The van der Waals surface area contributed by atoms with Crippen LogP contribution in [0.4, 0.5) is 5.69 Å². The van der Waals surface area contributed by atoms with Gasteiger partial charge in [0.1, 0.15) is 6.07 Å². The smallest absolute Gasteiger partial charge is 0.173 e. The quantitative estimate of drug-likeness (QED) is 0.251. The highest BCUT2D eigenvalue weighted by molar-refractivity contribution is 6.09. The van der Waals surface area contributed by atoms with Crippen molar-refractivity contribution in [2.24, 2.45) is 0 Å². The van der Waals surface area contributed by atoms with Crippen LogP contribution in [0.3, 0.4) is 0 Å². The minimum Gasteiger partial charge on any atom is -0.394 e. The Morgan fingerprint density at radius 2 is 1.83 bits per heavy atom. The van der Waals surface area contributed by atoms with Crippen molar-refractivity contribution in [3.05, 3.63) is 47.5 Å². The van der Waals surface area contributed by atoms with Gasteiger partial charge in [0.2, 0.25) is 0 Å². The number of anilines is 1. The molecule has 2 aromatic rings. The SMILES string of the molecule is C/C(=C(/C#N)C(=O)CCCOCCOCCO)c1ccc2ccccc2c1N1CC1. The van der Waals surface area contributed by atoms with Crippen molar-refractivity contribution in [2.75, 3.05) is 51.0 Å². The van der Waals surface area contributed by atoms with E-state index in [0.717, 1.165) is 40.7 Å². The molecule has 1 N–H and O–H groups in total. The van der Waals surface area contributed by atoms with E-state index in [4.69, 9.17) is 14.6 Å². The first kappa shape index (κ1) is 22.0. The van der Waals surface area contributed by atoms with Crippen molar-refractivity contribution in [1.82, 2.24) is 0 Å². The molecule has 158 valence electrons. The molecule has 6 nitrogen and oxygen atoms in total. The summed E-state index contributed by atoms with van der Waals surface area (Å²) >= 11 is 0. The van der Waals surface area contributed by atoms with Gasteiger partial charge in [-0.3, -0.25) is 4.79 Å². The molecule has 0 aromatic heterocycles. The molecule has 0 saturated carbocycles. The Labute approximate surface area is 177 Å². The largest absolute Gasteiger partial charge is 0.394 e. The number of nitriles is 1. The minimum atomic E-state index is -0.153. The van der Waals surface area contributed by atoms with Crippen molar-refractivity contribution in [2.45, 2.75) is 19.8 Å². The third-order valence-electron chi connectivity index (χ3n) is 5.13. The fraction of sp³-hybridized carbons (Fsp3) is 0.417. The van der Waals surface area contributed by atoms with Crippen LogP contribution in [0, 0.1) is 11.3 Å². The topological polar surface area (TPSA) is 82.6 Å². The van der Waals surface area contributed by atoms with Gasteiger partial charge in [-0.05, 0) is 24.3 Å². The van der Waals surface area contributed by atoms with E-state index < -0.39 is 0 Å². The van der Waals surface area contributed by atoms with E-state index in [0.29, 0.717) is 32.8 Å². The van der Waals surface area contributed by atoms with Gasteiger partial charge >= 0.3 is 0 Å². The molecule has 1 aliphatic heterocycles. The van der Waals surface area contributed by atoms with Crippen LogP contribution in [0.1, 0.15) is 25.3 Å². The van der Waals surface area contributed by atoms with Gasteiger partial charge in [0.25, 0.3) is 0 Å². The summed E-state index contributed by atoms with van der Waals surface area (Å²) in [5, 5.41) is 20.6. The van der Waals surface area contributed by atoms with Gasteiger partial charge in [0.15, 0.2) is 5.78 Å². The molecule has 0 amide bonds. The van der Waals surface area contributed by atoms with Crippen LogP contribution < -0.4 is 4.90 Å². The van der Waals surface area contributed by atoms with Crippen LogP contribution in [0.25, 0.3) is 16.3 Å². The standard InChI is InChI=1S/C24H28N2O4/c1-18(22(17-25)23(28)7-4-13-29-15-16-30-14-12-27)20-9-8-19-5-2-3-6-21(19)24(20)26-10-11-26/h2-3,5-6,8-9,27H,4,7,10-16H2,1H3/b22-18+. The van der Waals surface area contributed by atoms with E-state index in [2.05, 4.69) is 23.1 Å². The molecule has 30 heavy (non-hydrogen) atoms. The number of ketones is 1. The lowest BCUT2D eigenvalue weighted by Crippen LogP contribution is -2.10. The number of benzene rings is 2. The van der Waals surface area contributed by atoms with Crippen LogP contribution in [0.15, 0.2) is 42.0 Å². The van der Waals surface area contributed by atoms with Gasteiger partial charge < -0.3 is 19.5 Å². The van der Waals surface area contributed by atoms with Crippen LogP contribution in [0.2, 0.25) is 0 Å². The molecule has 1 heterocycles. The zero-order valence-electron chi connectivity index (χ0n) is 17.4. The maximum Gasteiger partial charge on any atom is 0.173 e. The molecule has 0 unspecified atom stereocenters. The lowest BCUT2D eigenvalue weighted by molar-refractivity contribution is -0.115. The summed E-state index contributed by atoms with van der Waals surface area (Å²) in [7, 11) is 0. The molecule has 0 atom stereocenters. The monoisotopic (exact) mass is 408 g/mol. The molecule has 1 fully saturated rings. The molecule has 0 aliphatic carbocycles. The Hall–Kier alpha value is -2.72. The van der Waals surface area contributed by atoms with Gasteiger partial charge in [-0.25, -0.2) is 0 Å². The van der Waals surface area contributed by atoms with Crippen LogP contribution in [-0.2, 0) is 14.3 Å². The maximum atomic E-state index is 12.7. The molecule has 0 bridgehead atoms. The normalized spacial score (nSPS) is 13.8. The molecule has 2 aromatic carbocycles. The lowest BCUT2D eigenvalue weighted by Gasteiger charge is -2.16. The number of rotatable bonds is 12. The fourth-order valence-electron chi connectivity index (χ4n) is 3.51. The number of allylic oxidation sites excluding steroid dienone is 2. The van der Waals surface area contributed by atoms with Gasteiger partial charge in [0.05, 0.1) is 37.7 Å². The van der Waals surface area contributed by atoms with E-state index in [1.165, 1.54) is 0 Å². The number of Topliss-reactive ketones (excluding diaryl/α,β-unsaturated/α-hetero) is 1. The zero-order valence-corrected chi connectivity index (χ0v) is 17.4. The van der Waals surface area contributed by atoms with Crippen LogP contribution in [0.5, 0.6) is 0 Å². The Morgan fingerprint density at radius 3 is 2.53 bits per heavy atom. The lowest BCUT2D eigenvalue weighted by atomic mass is 9.93. The molecule has 1 saturated heterocycles. The highest BCUT2D eigenvalue weighted by Gasteiger charge is 2.25. The van der Waals surface area contributed by atoms with Gasteiger partial charge in [0, 0.05) is 37.1 Å². The second-order valence-electron chi connectivity index (χ2n) is 7.26. The predicted octanol–water partition coefficient (Wildman–Crippen LogP) is 3.33.